The summed E-state index contributed by atoms with van der Waals surface area (Å²) in [5.41, 5.74) is 1.17. The van der Waals surface area contributed by atoms with E-state index in [1.807, 2.05) is 12.1 Å². The van der Waals surface area contributed by atoms with Gasteiger partial charge in [0.15, 0.2) is 0 Å². The predicted molar refractivity (Wildman–Crippen MR) is 79.4 cm³/mol. The molecule has 0 amide bonds. The molecule has 1 saturated heterocycles. The summed E-state index contributed by atoms with van der Waals surface area (Å²) in [5.74, 6) is -0.171. The molecule has 20 heavy (non-hydrogen) atoms. The van der Waals surface area contributed by atoms with Gasteiger partial charge in [0.1, 0.15) is 5.82 Å². The van der Waals surface area contributed by atoms with Gasteiger partial charge in [0.2, 0.25) is 0 Å². The Hall–Kier alpha value is -0.970. The lowest BCUT2D eigenvalue weighted by molar-refractivity contribution is 0.0339. The minimum absolute atomic E-state index is 0.171. The van der Waals surface area contributed by atoms with Crippen LogP contribution in [-0.4, -0.2) is 49.8 Å². The molecule has 2 unspecified atom stereocenters. The van der Waals surface area contributed by atoms with Crippen LogP contribution in [0.3, 0.4) is 0 Å². The van der Waals surface area contributed by atoms with Gasteiger partial charge in [-0.05, 0) is 38.0 Å². The summed E-state index contributed by atoms with van der Waals surface area (Å²) in [6.45, 7) is 9.19. The summed E-state index contributed by atoms with van der Waals surface area (Å²) in [7, 11) is 0. The number of rotatable bonds is 6. The highest BCUT2D eigenvalue weighted by molar-refractivity contribution is 5.17. The first-order valence-electron chi connectivity index (χ1n) is 7.44. The van der Waals surface area contributed by atoms with Crippen LogP contribution in [-0.2, 0) is 11.2 Å². The van der Waals surface area contributed by atoms with E-state index in [-0.39, 0.29) is 5.82 Å². The van der Waals surface area contributed by atoms with Crippen LogP contribution in [0.25, 0.3) is 0 Å². The fourth-order valence-electron chi connectivity index (χ4n) is 2.74. The normalized spacial score (nSPS) is 19.8. The van der Waals surface area contributed by atoms with E-state index in [0.717, 1.165) is 39.3 Å². The third kappa shape index (κ3) is 5.19. The molecule has 1 aliphatic heterocycles. The molecule has 3 nitrogen and oxygen atoms in total. The van der Waals surface area contributed by atoms with Crippen molar-refractivity contribution in [1.29, 1.82) is 0 Å². The number of nitrogens with zero attached hydrogens (tertiary/aromatic N) is 1. The summed E-state index contributed by atoms with van der Waals surface area (Å²) >= 11 is 0. The number of halogens is 1. The molecule has 0 bridgehead atoms. The Morgan fingerprint density at radius 2 is 1.80 bits per heavy atom. The third-order valence-electron chi connectivity index (χ3n) is 3.66. The maximum atomic E-state index is 12.9. The molecule has 0 saturated carbocycles. The van der Waals surface area contributed by atoms with Crippen molar-refractivity contribution in [2.24, 2.45) is 0 Å². The number of hydrogen-bond acceptors (Lipinski definition) is 3. The van der Waals surface area contributed by atoms with Gasteiger partial charge in [-0.3, -0.25) is 4.90 Å². The molecule has 1 aliphatic rings. The van der Waals surface area contributed by atoms with Gasteiger partial charge in [0.25, 0.3) is 0 Å². The minimum atomic E-state index is -0.171. The first-order valence-corrected chi connectivity index (χ1v) is 7.44. The molecule has 0 spiro atoms. The Balaban J connectivity index is 1.72. The van der Waals surface area contributed by atoms with Gasteiger partial charge in [-0.2, -0.15) is 0 Å². The second-order valence-corrected chi connectivity index (χ2v) is 5.71. The van der Waals surface area contributed by atoms with Crippen LogP contribution < -0.4 is 5.32 Å². The zero-order chi connectivity index (χ0) is 14.4. The summed E-state index contributed by atoms with van der Waals surface area (Å²) in [4.78, 5) is 2.44. The Bertz CT molecular complexity index is 390. The van der Waals surface area contributed by atoms with E-state index in [2.05, 4.69) is 24.1 Å². The van der Waals surface area contributed by atoms with Crippen LogP contribution in [0.2, 0.25) is 0 Å². The highest BCUT2D eigenvalue weighted by Gasteiger charge is 2.15. The van der Waals surface area contributed by atoms with Crippen molar-refractivity contribution >= 4 is 0 Å². The summed E-state index contributed by atoms with van der Waals surface area (Å²) < 4.78 is 18.2. The van der Waals surface area contributed by atoms with Crippen LogP contribution in [0.4, 0.5) is 4.39 Å². The van der Waals surface area contributed by atoms with E-state index in [9.17, 15) is 4.39 Å². The Morgan fingerprint density at radius 1 is 1.15 bits per heavy atom. The molecule has 1 aromatic carbocycles. The van der Waals surface area contributed by atoms with Crippen molar-refractivity contribution in [3.63, 3.8) is 0 Å². The van der Waals surface area contributed by atoms with E-state index < -0.39 is 0 Å². The van der Waals surface area contributed by atoms with Crippen molar-refractivity contribution in [1.82, 2.24) is 10.2 Å². The lowest BCUT2D eigenvalue weighted by Gasteiger charge is -2.30. The molecule has 2 atom stereocenters. The Kier molecular flexibility index (Phi) is 5.95. The predicted octanol–water partition coefficient (Wildman–Crippen LogP) is 2.07. The second kappa shape index (κ2) is 7.72. The first kappa shape index (κ1) is 15.4. The van der Waals surface area contributed by atoms with Crippen molar-refractivity contribution < 1.29 is 9.13 Å². The molecule has 2 rings (SSSR count). The fourth-order valence-corrected chi connectivity index (χ4v) is 2.74. The molecule has 1 N–H and O–H groups in total. The van der Waals surface area contributed by atoms with Gasteiger partial charge in [-0.1, -0.05) is 12.1 Å². The van der Waals surface area contributed by atoms with E-state index in [0.29, 0.717) is 12.1 Å². The average molecular weight is 280 g/mol. The lowest BCUT2D eigenvalue weighted by atomic mass is 10.1. The Labute approximate surface area is 121 Å². The highest BCUT2D eigenvalue weighted by Crippen LogP contribution is 2.07. The zero-order valence-electron chi connectivity index (χ0n) is 12.4. The SMILES string of the molecule is CC(Cc1ccc(F)cc1)NC(C)CN1CCOCC1. The molecule has 1 aromatic rings. The number of benzene rings is 1. The van der Waals surface area contributed by atoms with Crippen molar-refractivity contribution in [2.75, 3.05) is 32.8 Å². The molecule has 1 heterocycles. The van der Waals surface area contributed by atoms with Gasteiger partial charge >= 0.3 is 0 Å². The molecular weight excluding hydrogens is 255 g/mol. The van der Waals surface area contributed by atoms with Crippen LogP contribution in [0.15, 0.2) is 24.3 Å². The quantitative estimate of drug-likeness (QED) is 0.863. The van der Waals surface area contributed by atoms with E-state index >= 15 is 0 Å². The number of ether oxygens (including phenoxy) is 1. The molecular formula is C16H25FN2O. The first-order chi connectivity index (χ1) is 9.63. The number of hydrogen-bond donors (Lipinski definition) is 1. The summed E-state index contributed by atoms with van der Waals surface area (Å²) in [6.07, 6.45) is 0.924. The third-order valence-corrected chi connectivity index (χ3v) is 3.66. The maximum Gasteiger partial charge on any atom is 0.123 e. The van der Waals surface area contributed by atoms with Crippen molar-refractivity contribution in [3.8, 4) is 0 Å². The molecule has 4 heteroatoms. The molecule has 1 fully saturated rings. The zero-order valence-corrected chi connectivity index (χ0v) is 12.4. The molecule has 0 radical (unpaired) electrons. The highest BCUT2D eigenvalue weighted by atomic mass is 19.1. The lowest BCUT2D eigenvalue weighted by Crippen LogP contribution is -2.47. The fraction of sp³-hybridized carbons (Fsp3) is 0.625. The van der Waals surface area contributed by atoms with Gasteiger partial charge < -0.3 is 10.1 Å². The van der Waals surface area contributed by atoms with Crippen LogP contribution in [0, 0.1) is 5.82 Å². The van der Waals surface area contributed by atoms with Gasteiger partial charge in [-0.25, -0.2) is 4.39 Å². The Morgan fingerprint density at radius 3 is 2.45 bits per heavy atom. The maximum absolute atomic E-state index is 12.9. The monoisotopic (exact) mass is 280 g/mol. The van der Waals surface area contributed by atoms with Crippen molar-refractivity contribution in [2.45, 2.75) is 32.4 Å². The standard InChI is InChI=1S/C16H25FN2O/c1-13(11-15-3-5-16(17)6-4-15)18-14(2)12-19-7-9-20-10-8-19/h3-6,13-14,18H,7-12H2,1-2H3. The topological polar surface area (TPSA) is 24.5 Å². The van der Waals surface area contributed by atoms with Gasteiger partial charge in [-0.15, -0.1) is 0 Å². The summed E-state index contributed by atoms with van der Waals surface area (Å²) in [6, 6.07) is 7.61. The molecule has 0 aromatic heterocycles. The average Bonchev–Trinajstić information content (AvgIpc) is 2.42. The van der Waals surface area contributed by atoms with Crippen LogP contribution in [0.1, 0.15) is 19.4 Å². The smallest absolute Gasteiger partial charge is 0.123 e. The number of morpholine rings is 1. The van der Waals surface area contributed by atoms with Gasteiger partial charge in [0, 0.05) is 31.7 Å². The van der Waals surface area contributed by atoms with Gasteiger partial charge in [0.05, 0.1) is 13.2 Å². The van der Waals surface area contributed by atoms with Crippen LogP contribution >= 0.6 is 0 Å². The van der Waals surface area contributed by atoms with E-state index in [4.69, 9.17) is 4.74 Å². The largest absolute Gasteiger partial charge is 0.379 e. The van der Waals surface area contributed by atoms with Crippen molar-refractivity contribution in [3.05, 3.63) is 35.6 Å². The summed E-state index contributed by atoms with van der Waals surface area (Å²) in [5, 5.41) is 3.61. The van der Waals surface area contributed by atoms with Crippen LogP contribution in [0.5, 0.6) is 0 Å². The molecule has 0 aliphatic carbocycles. The minimum Gasteiger partial charge on any atom is -0.379 e. The second-order valence-electron chi connectivity index (χ2n) is 5.71. The van der Waals surface area contributed by atoms with E-state index in [1.165, 1.54) is 17.7 Å². The number of nitrogens with one attached hydrogen (secondary N) is 1. The molecule has 112 valence electrons. The van der Waals surface area contributed by atoms with E-state index in [1.54, 1.807) is 0 Å².